The van der Waals surface area contributed by atoms with Crippen molar-refractivity contribution in [3.63, 3.8) is 0 Å². The minimum atomic E-state index is -0.416. The second-order valence-corrected chi connectivity index (χ2v) is 4.29. The van der Waals surface area contributed by atoms with E-state index in [-0.39, 0.29) is 5.54 Å². The molecule has 1 unspecified atom stereocenters. The number of carbonyl (C=O) groups is 1. The summed E-state index contributed by atoms with van der Waals surface area (Å²) in [5, 5.41) is 2.84. The van der Waals surface area contributed by atoms with Crippen LogP contribution in [0.1, 0.15) is 53.4 Å². The third-order valence-corrected chi connectivity index (χ3v) is 3.10. The Bertz CT molecular complexity index is 178. The molecule has 0 saturated carbocycles. The smallest absolute Gasteiger partial charge is 0.312 e. The molecule has 2 amide bonds. The number of nitrogens with one attached hydrogen (secondary N) is 1. The molecule has 3 N–H and O–H groups in total. The van der Waals surface area contributed by atoms with E-state index in [2.05, 4.69) is 33.0 Å². The van der Waals surface area contributed by atoms with Crippen LogP contribution in [0.2, 0.25) is 0 Å². The second kappa shape index (κ2) is 5.89. The van der Waals surface area contributed by atoms with Gasteiger partial charge in [-0.05, 0) is 25.7 Å². The zero-order valence-electron chi connectivity index (χ0n) is 9.89. The topological polar surface area (TPSA) is 55.1 Å². The van der Waals surface area contributed by atoms with Crippen LogP contribution < -0.4 is 11.1 Å². The number of primary amides is 1. The lowest BCUT2D eigenvalue weighted by atomic mass is 9.84. The second-order valence-electron chi connectivity index (χ2n) is 4.29. The number of hydrogen-bond donors (Lipinski definition) is 2. The summed E-state index contributed by atoms with van der Waals surface area (Å²) < 4.78 is 0. The molecule has 0 aromatic heterocycles. The first kappa shape index (κ1) is 13.3. The molecule has 0 fully saturated rings. The molecule has 0 aliphatic carbocycles. The molecule has 3 heteroatoms. The highest BCUT2D eigenvalue weighted by Gasteiger charge is 2.25. The molecule has 0 spiro atoms. The summed E-state index contributed by atoms with van der Waals surface area (Å²) in [4.78, 5) is 10.8. The molecule has 1 atom stereocenters. The van der Waals surface area contributed by atoms with Crippen LogP contribution in [0.5, 0.6) is 0 Å². The van der Waals surface area contributed by atoms with E-state index in [0.717, 1.165) is 25.7 Å². The van der Waals surface area contributed by atoms with Crippen molar-refractivity contribution in [3.8, 4) is 0 Å². The molecule has 0 radical (unpaired) electrons. The van der Waals surface area contributed by atoms with Crippen molar-refractivity contribution >= 4 is 6.03 Å². The molecule has 0 bridgehead atoms. The van der Waals surface area contributed by atoms with Gasteiger partial charge in [0.05, 0.1) is 0 Å². The fourth-order valence-corrected chi connectivity index (χ4v) is 1.80. The van der Waals surface area contributed by atoms with Gasteiger partial charge in [-0.3, -0.25) is 0 Å². The van der Waals surface area contributed by atoms with Gasteiger partial charge in [0.25, 0.3) is 0 Å². The summed E-state index contributed by atoms with van der Waals surface area (Å²) in [7, 11) is 0. The minimum Gasteiger partial charge on any atom is -0.352 e. The highest BCUT2D eigenvalue weighted by Crippen LogP contribution is 2.24. The van der Waals surface area contributed by atoms with E-state index >= 15 is 0 Å². The fourth-order valence-electron chi connectivity index (χ4n) is 1.80. The van der Waals surface area contributed by atoms with Gasteiger partial charge < -0.3 is 11.1 Å². The Balaban J connectivity index is 4.29. The molecular formula is C11H24N2O. The largest absolute Gasteiger partial charge is 0.352 e. The summed E-state index contributed by atoms with van der Waals surface area (Å²) in [6.07, 6.45) is 4.25. The average Bonchev–Trinajstić information content (AvgIpc) is 2.13. The van der Waals surface area contributed by atoms with E-state index in [1.807, 2.05) is 0 Å². The lowest BCUT2D eigenvalue weighted by molar-refractivity contribution is 0.220. The van der Waals surface area contributed by atoms with Gasteiger partial charge in [0.2, 0.25) is 0 Å². The van der Waals surface area contributed by atoms with E-state index in [0.29, 0.717) is 5.92 Å². The highest BCUT2D eigenvalue weighted by atomic mass is 16.2. The standard InChI is InChI=1S/C11H24N2O/c1-5-9(6-2)8-11(4,7-3)13-10(12)14/h9H,5-8H2,1-4H3,(H3,12,13,14). The van der Waals surface area contributed by atoms with Gasteiger partial charge in [-0.25, -0.2) is 4.79 Å². The molecule has 0 aliphatic heterocycles. The van der Waals surface area contributed by atoms with Crippen LogP contribution in [0.25, 0.3) is 0 Å². The molecule has 0 aromatic rings. The average molecular weight is 200 g/mol. The SMILES string of the molecule is CCC(CC)CC(C)(CC)NC(N)=O. The predicted octanol–water partition coefficient (Wildman–Crippen LogP) is 2.65. The first-order valence-corrected chi connectivity index (χ1v) is 5.55. The molecule has 0 heterocycles. The van der Waals surface area contributed by atoms with Crippen LogP contribution in [0.15, 0.2) is 0 Å². The molecular weight excluding hydrogens is 176 g/mol. The van der Waals surface area contributed by atoms with E-state index in [4.69, 9.17) is 5.73 Å². The van der Waals surface area contributed by atoms with E-state index < -0.39 is 6.03 Å². The maximum Gasteiger partial charge on any atom is 0.312 e. The lowest BCUT2D eigenvalue weighted by Crippen LogP contribution is -2.49. The molecule has 0 rings (SSSR count). The van der Waals surface area contributed by atoms with Crippen molar-refractivity contribution < 1.29 is 4.79 Å². The Morgan fingerprint density at radius 3 is 2.14 bits per heavy atom. The quantitative estimate of drug-likeness (QED) is 0.680. The van der Waals surface area contributed by atoms with E-state index in [1.165, 1.54) is 0 Å². The maximum atomic E-state index is 10.8. The Morgan fingerprint density at radius 2 is 1.86 bits per heavy atom. The Morgan fingerprint density at radius 1 is 1.36 bits per heavy atom. The van der Waals surface area contributed by atoms with Crippen LogP contribution in [-0.4, -0.2) is 11.6 Å². The van der Waals surface area contributed by atoms with Gasteiger partial charge in [-0.15, -0.1) is 0 Å². The summed E-state index contributed by atoms with van der Waals surface area (Å²) in [6.45, 7) is 8.53. The summed E-state index contributed by atoms with van der Waals surface area (Å²) in [5.41, 5.74) is 5.03. The summed E-state index contributed by atoms with van der Waals surface area (Å²) >= 11 is 0. The van der Waals surface area contributed by atoms with E-state index in [1.54, 1.807) is 0 Å². The Hall–Kier alpha value is -0.730. The predicted molar refractivity (Wildman–Crippen MR) is 60.1 cm³/mol. The highest BCUT2D eigenvalue weighted by molar-refractivity contribution is 5.72. The minimum absolute atomic E-state index is 0.136. The molecule has 0 saturated heterocycles. The number of hydrogen-bond acceptors (Lipinski definition) is 1. The van der Waals surface area contributed by atoms with Crippen LogP contribution in [0, 0.1) is 5.92 Å². The van der Waals surface area contributed by atoms with Crippen molar-refractivity contribution in [1.29, 1.82) is 0 Å². The Labute approximate surface area is 87.4 Å². The number of nitrogens with two attached hydrogens (primary N) is 1. The van der Waals surface area contributed by atoms with Gasteiger partial charge in [0.15, 0.2) is 0 Å². The zero-order valence-corrected chi connectivity index (χ0v) is 9.89. The van der Waals surface area contributed by atoms with Crippen molar-refractivity contribution in [2.45, 2.75) is 58.9 Å². The Kier molecular flexibility index (Phi) is 5.58. The van der Waals surface area contributed by atoms with Crippen LogP contribution in [0.3, 0.4) is 0 Å². The number of rotatable bonds is 6. The normalized spacial score (nSPS) is 15.2. The fraction of sp³-hybridized carbons (Fsp3) is 0.909. The van der Waals surface area contributed by atoms with Crippen LogP contribution >= 0.6 is 0 Å². The van der Waals surface area contributed by atoms with Crippen molar-refractivity contribution in [3.05, 3.63) is 0 Å². The molecule has 0 aliphatic rings. The molecule has 0 aromatic carbocycles. The monoisotopic (exact) mass is 200 g/mol. The number of carbonyl (C=O) groups excluding carboxylic acids is 1. The van der Waals surface area contributed by atoms with E-state index in [9.17, 15) is 4.79 Å². The van der Waals surface area contributed by atoms with Crippen LogP contribution in [-0.2, 0) is 0 Å². The summed E-state index contributed by atoms with van der Waals surface area (Å²) in [6, 6.07) is -0.416. The molecule has 3 nitrogen and oxygen atoms in total. The van der Waals surface area contributed by atoms with Crippen molar-refractivity contribution in [1.82, 2.24) is 5.32 Å². The summed E-state index contributed by atoms with van der Waals surface area (Å²) in [5.74, 6) is 0.673. The molecule has 14 heavy (non-hydrogen) atoms. The van der Waals surface area contributed by atoms with Gasteiger partial charge in [-0.2, -0.15) is 0 Å². The van der Waals surface area contributed by atoms with Gasteiger partial charge in [0.1, 0.15) is 0 Å². The number of urea groups is 1. The van der Waals surface area contributed by atoms with Crippen LogP contribution in [0.4, 0.5) is 4.79 Å². The zero-order chi connectivity index (χ0) is 11.2. The third-order valence-electron chi connectivity index (χ3n) is 3.10. The van der Waals surface area contributed by atoms with Gasteiger partial charge in [-0.1, -0.05) is 33.6 Å². The first-order valence-electron chi connectivity index (χ1n) is 5.55. The van der Waals surface area contributed by atoms with Gasteiger partial charge >= 0.3 is 6.03 Å². The maximum absolute atomic E-state index is 10.8. The van der Waals surface area contributed by atoms with Crippen molar-refractivity contribution in [2.75, 3.05) is 0 Å². The number of amides is 2. The molecule has 84 valence electrons. The first-order chi connectivity index (χ1) is 6.47. The van der Waals surface area contributed by atoms with Crippen molar-refractivity contribution in [2.24, 2.45) is 11.7 Å². The third kappa shape index (κ3) is 4.49. The van der Waals surface area contributed by atoms with Gasteiger partial charge in [0, 0.05) is 5.54 Å². The lowest BCUT2D eigenvalue weighted by Gasteiger charge is -2.32.